The largest absolute Gasteiger partial charge is 0.372 e. The lowest BCUT2D eigenvalue weighted by atomic mass is 10.2. The minimum absolute atomic E-state index is 0.318. The number of nitrogens with one attached hydrogen (secondary N) is 1. The molecule has 0 amide bonds. The van der Waals surface area contributed by atoms with Gasteiger partial charge in [0.1, 0.15) is 0 Å². The van der Waals surface area contributed by atoms with Crippen molar-refractivity contribution in [2.45, 2.75) is 40.3 Å². The number of benzene rings is 1. The molecule has 1 aromatic heterocycles. The Morgan fingerprint density at radius 2 is 1.71 bits per heavy atom. The van der Waals surface area contributed by atoms with Gasteiger partial charge in [0.25, 0.3) is 0 Å². The van der Waals surface area contributed by atoms with E-state index in [0.29, 0.717) is 6.04 Å². The van der Waals surface area contributed by atoms with Crippen LogP contribution < -0.4 is 15.1 Å². The van der Waals surface area contributed by atoms with Crippen molar-refractivity contribution in [2.75, 3.05) is 22.9 Å². The van der Waals surface area contributed by atoms with E-state index < -0.39 is 0 Å². The molecular weight excluding hydrogens is 334 g/mol. The highest BCUT2D eigenvalue weighted by Crippen LogP contribution is 2.24. The molecule has 2 rings (SSSR count). The quantitative estimate of drug-likeness (QED) is 0.708. The van der Waals surface area contributed by atoms with Crippen LogP contribution in [0.2, 0.25) is 0 Å². The average molecular weight is 362 g/mol. The zero-order chi connectivity index (χ0) is 17.5. The second-order valence-corrected chi connectivity index (χ2v) is 7.38. The fourth-order valence-electron chi connectivity index (χ4n) is 2.60. The van der Waals surface area contributed by atoms with E-state index >= 15 is 0 Å². The molecule has 130 valence electrons. The standard InChI is InChI=1S/C19H27N3S2/c1-5-21(6-2)16-9-11-17(12-10-16)22(19(23)20-15(3)4)14-18-8-7-13-24-18/h7-13,15H,5-6,14H2,1-4H3,(H,20,23). The molecule has 0 aliphatic heterocycles. The monoisotopic (exact) mass is 361 g/mol. The average Bonchev–Trinajstić information content (AvgIpc) is 3.07. The Kier molecular flexibility index (Phi) is 7.06. The highest BCUT2D eigenvalue weighted by Gasteiger charge is 2.15. The van der Waals surface area contributed by atoms with Gasteiger partial charge in [-0.3, -0.25) is 0 Å². The summed E-state index contributed by atoms with van der Waals surface area (Å²) in [5.41, 5.74) is 2.38. The Labute approximate surface area is 155 Å². The van der Waals surface area contributed by atoms with Gasteiger partial charge in [0.05, 0.1) is 6.54 Å². The summed E-state index contributed by atoms with van der Waals surface area (Å²) in [7, 11) is 0. The molecule has 1 heterocycles. The van der Waals surface area contributed by atoms with Crippen LogP contribution in [0.1, 0.15) is 32.6 Å². The highest BCUT2D eigenvalue weighted by molar-refractivity contribution is 7.80. The van der Waals surface area contributed by atoms with Crippen LogP contribution in [0, 0.1) is 0 Å². The predicted molar refractivity (Wildman–Crippen MR) is 111 cm³/mol. The van der Waals surface area contributed by atoms with Crippen LogP contribution in [-0.2, 0) is 6.54 Å². The van der Waals surface area contributed by atoms with Crippen LogP contribution in [0.25, 0.3) is 0 Å². The molecule has 3 nitrogen and oxygen atoms in total. The summed E-state index contributed by atoms with van der Waals surface area (Å²) in [5, 5.41) is 6.24. The first kappa shape index (κ1) is 18.7. The highest BCUT2D eigenvalue weighted by atomic mass is 32.1. The van der Waals surface area contributed by atoms with Gasteiger partial charge in [0, 0.05) is 35.4 Å². The number of hydrogen-bond acceptors (Lipinski definition) is 3. The van der Waals surface area contributed by atoms with Gasteiger partial charge in [0.2, 0.25) is 0 Å². The Balaban J connectivity index is 2.23. The molecule has 0 aliphatic carbocycles. The molecule has 2 aromatic rings. The normalized spacial score (nSPS) is 10.7. The fraction of sp³-hybridized carbons (Fsp3) is 0.421. The summed E-state index contributed by atoms with van der Waals surface area (Å²) in [4.78, 5) is 5.82. The molecule has 0 fully saturated rings. The summed E-state index contributed by atoms with van der Waals surface area (Å²) in [6, 6.07) is 13.2. The smallest absolute Gasteiger partial charge is 0.174 e. The van der Waals surface area contributed by atoms with Gasteiger partial charge in [-0.15, -0.1) is 11.3 Å². The number of nitrogens with zero attached hydrogens (tertiary/aromatic N) is 2. The maximum Gasteiger partial charge on any atom is 0.174 e. The second kappa shape index (κ2) is 9.04. The van der Waals surface area contributed by atoms with Crippen molar-refractivity contribution in [3.05, 3.63) is 46.7 Å². The Bertz CT molecular complexity index is 617. The van der Waals surface area contributed by atoms with Gasteiger partial charge in [0.15, 0.2) is 5.11 Å². The maximum absolute atomic E-state index is 5.65. The van der Waals surface area contributed by atoms with E-state index in [1.165, 1.54) is 10.6 Å². The van der Waals surface area contributed by atoms with Gasteiger partial charge < -0.3 is 15.1 Å². The lowest BCUT2D eigenvalue weighted by Gasteiger charge is -2.28. The second-order valence-electron chi connectivity index (χ2n) is 5.96. The zero-order valence-corrected chi connectivity index (χ0v) is 16.6. The maximum atomic E-state index is 5.65. The van der Waals surface area contributed by atoms with Gasteiger partial charge in [-0.25, -0.2) is 0 Å². The van der Waals surface area contributed by atoms with Gasteiger partial charge in [-0.2, -0.15) is 0 Å². The first-order valence-corrected chi connectivity index (χ1v) is 9.79. The molecule has 1 aromatic carbocycles. The van der Waals surface area contributed by atoms with E-state index in [1.54, 1.807) is 11.3 Å². The van der Waals surface area contributed by atoms with Gasteiger partial charge >= 0.3 is 0 Å². The van der Waals surface area contributed by atoms with Crippen molar-refractivity contribution in [3.63, 3.8) is 0 Å². The van der Waals surface area contributed by atoms with Gasteiger partial charge in [-0.1, -0.05) is 6.07 Å². The molecule has 0 saturated carbocycles. The first-order chi connectivity index (χ1) is 11.5. The van der Waals surface area contributed by atoms with E-state index in [1.807, 2.05) is 0 Å². The Hall–Kier alpha value is -1.59. The van der Waals surface area contributed by atoms with E-state index in [9.17, 15) is 0 Å². The molecular formula is C19H27N3S2. The molecule has 0 atom stereocenters. The van der Waals surface area contributed by atoms with Crippen LogP contribution in [0.3, 0.4) is 0 Å². The predicted octanol–water partition coefficient (Wildman–Crippen LogP) is 4.88. The van der Waals surface area contributed by atoms with Crippen LogP contribution in [-0.4, -0.2) is 24.2 Å². The summed E-state index contributed by atoms with van der Waals surface area (Å²) in [6.45, 7) is 11.4. The Morgan fingerprint density at radius 3 is 2.21 bits per heavy atom. The number of anilines is 2. The van der Waals surface area contributed by atoms with Crippen molar-refractivity contribution in [3.8, 4) is 0 Å². The van der Waals surface area contributed by atoms with Gasteiger partial charge in [-0.05, 0) is 75.6 Å². The van der Waals surface area contributed by atoms with E-state index in [0.717, 1.165) is 30.4 Å². The molecule has 24 heavy (non-hydrogen) atoms. The van der Waals surface area contributed by atoms with E-state index in [4.69, 9.17) is 12.2 Å². The van der Waals surface area contributed by atoms with Crippen molar-refractivity contribution in [1.82, 2.24) is 5.32 Å². The van der Waals surface area contributed by atoms with E-state index in [-0.39, 0.29) is 0 Å². The number of hydrogen-bond donors (Lipinski definition) is 1. The molecule has 0 radical (unpaired) electrons. The van der Waals surface area contributed by atoms with Crippen molar-refractivity contribution in [2.24, 2.45) is 0 Å². The van der Waals surface area contributed by atoms with Crippen LogP contribution >= 0.6 is 23.6 Å². The third-order valence-corrected chi connectivity index (χ3v) is 5.04. The molecule has 0 aliphatic rings. The summed E-state index contributed by atoms with van der Waals surface area (Å²) < 4.78 is 0. The lowest BCUT2D eigenvalue weighted by Crippen LogP contribution is -2.42. The number of thiophene rings is 1. The van der Waals surface area contributed by atoms with Crippen molar-refractivity contribution < 1.29 is 0 Å². The minimum atomic E-state index is 0.318. The van der Waals surface area contributed by atoms with Crippen LogP contribution in [0.4, 0.5) is 11.4 Å². The molecule has 0 saturated heterocycles. The molecule has 0 spiro atoms. The summed E-state index contributed by atoms with van der Waals surface area (Å²) in [6.07, 6.45) is 0. The lowest BCUT2D eigenvalue weighted by molar-refractivity contribution is 0.726. The van der Waals surface area contributed by atoms with E-state index in [2.05, 4.69) is 84.6 Å². The number of thiocarbonyl (C=S) groups is 1. The molecule has 5 heteroatoms. The van der Waals surface area contributed by atoms with Crippen LogP contribution in [0.15, 0.2) is 41.8 Å². The SMILES string of the molecule is CCN(CC)c1ccc(N(Cc2cccs2)C(=S)NC(C)C)cc1. The first-order valence-electron chi connectivity index (χ1n) is 8.50. The van der Waals surface area contributed by atoms with Crippen molar-refractivity contribution in [1.29, 1.82) is 0 Å². The molecule has 0 unspecified atom stereocenters. The number of rotatable bonds is 7. The third kappa shape index (κ3) is 4.95. The summed E-state index contributed by atoms with van der Waals surface area (Å²) in [5.74, 6) is 0. The van der Waals surface area contributed by atoms with Crippen molar-refractivity contribution >= 4 is 40.0 Å². The topological polar surface area (TPSA) is 18.5 Å². The third-order valence-electron chi connectivity index (χ3n) is 3.84. The minimum Gasteiger partial charge on any atom is -0.372 e. The molecule has 0 bridgehead atoms. The Morgan fingerprint density at radius 1 is 1.08 bits per heavy atom. The summed E-state index contributed by atoms with van der Waals surface area (Å²) >= 11 is 7.41. The zero-order valence-electron chi connectivity index (χ0n) is 15.0. The molecule has 1 N–H and O–H groups in total. The fourth-order valence-corrected chi connectivity index (χ4v) is 3.69. The van der Waals surface area contributed by atoms with Crippen LogP contribution in [0.5, 0.6) is 0 Å².